The molecule has 2 nitrogen and oxygen atoms in total. The van der Waals surface area contributed by atoms with Crippen LogP contribution in [0.25, 0.3) is 0 Å². The van der Waals surface area contributed by atoms with Crippen molar-refractivity contribution in [1.29, 1.82) is 0 Å². The maximum absolute atomic E-state index is 13.7. The Kier molecular flexibility index (Phi) is 3.68. The van der Waals surface area contributed by atoms with Gasteiger partial charge in [-0.2, -0.15) is 0 Å². The molecule has 0 N–H and O–H groups in total. The van der Waals surface area contributed by atoms with Crippen molar-refractivity contribution in [2.45, 2.75) is 38.5 Å². The van der Waals surface area contributed by atoms with Gasteiger partial charge in [0.05, 0.1) is 0 Å². The van der Waals surface area contributed by atoms with E-state index in [-0.39, 0.29) is 5.88 Å². The minimum atomic E-state index is -0.426. The minimum absolute atomic E-state index is 0.0317. The molecule has 2 aromatic rings. The van der Waals surface area contributed by atoms with Crippen LogP contribution >= 0.6 is 0 Å². The molecule has 0 radical (unpaired) electrons. The fourth-order valence-electron chi connectivity index (χ4n) is 2.77. The molecule has 1 fully saturated rings. The lowest BCUT2D eigenvalue weighted by Crippen LogP contribution is -1.94. The van der Waals surface area contributed by atoms with E-state index in [0.717, 1.165) is 5.56 Å². The Balaban J connectivity index is 1.74. The van der Waals surface area contributed by atoms with Crippen LogP contribution in [0.1, 0.15) is 42.7 Å². The number of halogens is 1. The van der Waals surface area contributed by atoms with Crippen molar-refractivity contribution < 1.29 is 9.13 Å². The van der Waals surface area contributed by atoms with Gasteiger partial charge in [0, 0.05) is 6.20 Å². The zero-order valence-corrected chi connectivity index (χ0v) is 11.6. The standard InChI is InChI=1S/C17H18FNO/c1-12-10-16(18)17(19-11-12)20-15-8-6-14(7-9-15)13-4-2-3-5-13/h6-11,13H,2-5H2,1H3. The lowest BCUT2D eigenvalue weighted by Gasteiger charge is -2.11. The molecule has 0 aliphatic heterocycles. The highest BCUT2D eigenvalue weighted by atomic mass is 19.1. The first kappa shape index (κ1) is 13.1. The molecule has 104 valence electrons. The lowest BCUT2D eigenvalue weighted by molar-refractivity contribution is 0.422. The van der Waals surface area contributed by atoms with Gasteiger partial charge in [-0.15, -0.1) is 0 Å². The monoisotopic (exact) mass is 271 g/mol. The summed E-state index contributed by atoms with van der Waals surface area (Å²) >= 11 is 0. The lowest BCUT2D eigenvalue weighted by atomic mass is 9.98. The number of hydrogen-bond donors (Lipinski definition) is 0. The van der Waals surface area contributed by atoms with E-state index < -0.39 is 5.82 Å². The number of aromatic nitrogens is 1. The Morgan fingerprint density at radius 2 is 1.85 bits per heavy atom. The molecule has 1 aromatic carbocycles. The maximum atomic E-state index is 13.7. The number of pyridine rings is 1. The topological polar surface area (TPSA) is 22.1 Å². The first-order chi connectivity index (χ1) is 9.72. The molecule has 0 amide bonds. The summed E-state index contributed by atoms with van der Waals surface area (Å²) in [4.78, 5) is 3.98. The molecule has 0 unspecified atom stereocenters. The summed E-state index contributed by atoms with van der Waals surface area (Å²) in [5, 5.41) is 0. The van der Waals surface area contributed by atoms with Crippen LogP contribution in [0, 0.1) is 12.7 Å². The van der Waals surface area contributed by atoms with Crippen LogP contribution in [0.3, 0.4) is 0 Å². The van der Waals surface area contributed by atoms with Gasteiger partial charge in [0.15, 0.2) is 5.82 Å². The number of rotatable bonds is 3. The van der Waals surface area contributed by atoms with E-state index in [1.54, 1.807) is 13.1 Å². The smallest absolute Gasteiger partial charge is 0.255 e. The molecular formula is C17H18FNO. The third kappa shape index (κ3) is 2.82. The summed E-state index contributed by atoms with van der Waals surface area (Å²) in [6, 6.07) is 9.38. The fourth-order valence-corrected chi connectivity index (χ4v) is 2.77. The number of ether oxygens (including phenoxy) is 1. The van der Waals surface area contributed by atoms with Crippen LogP contribution in [0.5, 0.6) is 11.6 Å². The first-order valence-corrected chi connectivity index (χ1v) is 7.12. The molecule has 0 spiro atoms. The number of aryl methyl sites for hydroxylation is 1. The quantitative estimate of drug-likeness (QED) is 0.785. The van der Waals surface area contributed by atoms with Gasteiger partial charge in [-0.25, -0.2) is 9.37 Å². The van der Waals surface area contributed by atoms with Gasteiger partial charge in [-0.3, -0.25) is 0 Å². The van der Waals surface area contributed by atoms with Crippen molar-refractivity contribution >= 4 is 0 Å². The van der Waals surface area contributed by atoms with Gasteiger partial charge in [0.1, 0.15) is 5.75 Å². The summed E-state index contributed by atoms with van der Waals surface area (Å²) in [5.74, 6) is 0.911. The Morgan fingerprint density at radius 1 is 1.15 bits per heavy atom. The van der Waals surface area contributed by atoms with E-state index in [9.17, 15) is 4.39 Å². The van der Waals surface area contributed by atoms with Crippen molar-refractivity contribution in [3.8, 4) is 11.6 Å². The van der Waals surface area contributed by atoms with Gasteiger partial charge >= 0.3 is 0 Å². The van der Waals surface area contributed by atoms with E-state index in [2.05, 4.69) is 17.1 Å². The van der Waals surface area contributed by atoms with Gasteiger partial charge in [-0.1, -0.05) is 25.0 Å². The summed E-state index contributed by atoms with van der Waals surface area (Å²) in [6.07, 6.45) is 6.79. The van der Waals surface area contributed by atoms with Crippen LogP contribution < -0.4 is 4.74 Å². The number of hydrogen-bond acceptors (Lipinski definition) is 2. The average molecular weight is 271 g/mol. The Labute approximate surface area is 118 Å². The predicted octanol–water partition coefficient (Wildman–Crippen LogP) is 4.98. The highest BCUT2D eigenvalue weighted by Crippen LogP contribution is 2.35. The number of nitrogens with zero attached hydrogens (tertiary/aromatic N) is 1. The third-order valence-corrected chi connectivity index (χ3v) is 3.87. The Hall–Kier alpha value is -1.90. The summed E-state index contributed by atoms with van der Waals surface area (Å²) in [5.41, 5.74) is 2.14. The van der Waals surface area contributed by atoms with Gasteiger partial charge < -0.3 is 4.74 Å². The van der Waals surface area contributed by atoms with Crippen LogP contribution in [0.15, 0.2) is 36.5 Å². The number of benzene rings is 1. The average Bonchev–Trinajstić information content (AvgIpc) is 2.97. The Morgan fingerprint density at radius 3 is 2.50 bits per heavy atom. The van der Waals surface area contributed by atoms with Crippen molar-refractivity contribution in [2.75, 3.05) is 0 Å². The molecule has 1 heterocycles. The molecule has 0 atom stereocenters. The molecular weight excluding hydrogens is 253 g/mol. The van der Waals surface area contributed by atoms with Crippen LogP contribution in [-0.4, -0.2) is 4.98 Å². The van der Waals surface area contributed by atoms with Crippen LogP contribution in [-0.2, 0) is 0 Å². The normalized spacial score (nSPS) is 15.5. The second-order valence-corrected chi connectivity index (χ2v) is 5.45. The van der Waals surface area contributed by atoms with E-state index in [1.807, 2.05) is 12.1 Å². The van der Waals surface area contributed by atoms with E-state index in [1.165, 1.54) is 37.3 Å². The van der Waals surface area contributed by atoms with Crippen molar-refractivity contribution in [3.63, 3.8) is 0 Å². The molecule has 1 aromatic heterocycles. The highest BCUT2D eigenvalue weighted by molar-refractivity contribution is 5.33. The van der Waals surface area contributed by atoms with Crippen molar-refractivity contribution in [2.24, 2.45) is 0 Å². The molecule has 0 saturated heterocycles. The van der Waals surface area contributed by atoms with E-state index in [0.29, 0.717) is 11.7 Å². The molecule has 20 heavy (non-hydrogen) atoms. The van der Waals surface area contributed by atoms with E-state index in [4.69, 9.17) is 4.74 Å². The van der Waals surface area contributed by atoms with Gasteiger partial charge in [-0.05, 0) is 55.0 Å². The van der Waals surface area contributed by atoms with Gasteiger partial charge in [0.25, 0.3) is 5.88 Å². The highest BCUT2D eigenvalue weighted by Gasteiger charge is 2.16. The Bertz CT molecular complexity index is 588. The van der Waals surface area contributed by atoms with Crippen LogP contribution in [0.2, 0.25) is 0 Å². The predicted molar refractivity (Wildman–Crippen MR) is 76.7 cm³/mol. The third-order valence-electron chi connectivity index (χ3n) is 3.87. The maximum Gasteiger partial charge on any atom is 0.255 e. The largest absolute Gasteiger partial charge is 0.436 e. The van der Waals surface area contributed by atoms with E-state index >= 15 is 0 Å². The molecule has 3 rings (SSSR count). The molecule has 0 bridgehead atoms. The second kappa shape index (κ2) is 5.61. The molecule has 3 heteroatoms. The molecule has 1 aliphatic carbocycles. The summed E-state index contributed by atoms with van der Waals surface area (Å²) < 4.78 is 19.2. The molecule has 1 saturated carbocycles. The molecule has 1 aliphatic rings. The SMILES string of the molecule is Cc1cnc(Oc2ccc(C3CCCC3)cc2)c(F)c1. The van der Waals surface area contributed by atoms with Gasteiger partial charge in [0.2, 0.25) is 0 Å². The van der Waals surface area contributed by atoms with Crippen LogP contribution in [0.4, 0.5) is 4.39 Å². The summed E-state index contributed by atoms with van der Waals surface area (Å²) in [7, 11) is 0. The zero-order valence-electron chi connectivity index (χ0n) is 11.6. The minimum Gasteiger partial charge on any atom is -0.436 e. The fraction of sp³-hybridized carbons (Fsp3) is 0.353. The summed E-state index contributed by atoms with van der Waals surface area (Å²) in [6.45, 7) is 1.80. The second-order valence-electron chi connectivity index (χ2n) is 5.45. The van der Waals surface area contributed by atoms with Crippen molar-refractivity contribution in [3.05, 3.63) is 53.5 Å². The first-order valence-electron chi connectivity index (χ1n) is 7.12. The van der Waals surface area contributed by atoms with Crippen molar-refractivity contribution in [1.82, 2.24) is 4.98 Å². The zero-order chi connectivity index (χ0) is 13.9.